The molecule has 0 aliphatic heterocycles. The second-order valence-electron chi connectivity index (χ2n) is 7.96. The molecule has 2 rings (SSSR count). The summed E-state index contributed by atoms with van der Waals surface area (Å²) in [6.45, 7) is 2.18. The molecule has 0 radical (unpaired) electrons. The Morgan fingerprint density at radius 2 is 1.67 bits per heavy atom. The molecule has 1 aromatic rings. The number of hydrogen-bond donors (Lipinski definition) is 3. The molecule has 30 heavy (non-hydrogen) atoms. The average Bonchev–Trinajstić information content (AvgIpc) is 2.70. The molecule has 1 aromatic carbocycles. The van der Waals surface area contributed by atoms with Gasteiger partial charge in [0.2, 0.25) is 13.1 Å². The van der Waals surface area contributed by atoms with Gasteiger partial charge < -0.3 is 29.5 Å². The van der Waals surface area contributed by atoms with Gasteiger partial charge in [-0.25, -0.2) is 0 Å². The van der Waals surface area contributed by atoms with Crippen molar-refractivity contribution in [3.05, 3.63) is 17.7 Å². The summed E-state index contributed by atoms with van der Waals surface area (Å²) in [5, 5.41) is 13.6. The molecule has 0 amide bonds. The highest BCUT2D eigenvalue weighted by Gasteiger charge is 2.28. The van der Waals surface area contributed by atoms with E-state index in [1.807, 2.05) is 19.1 Å². The van der Waals surface area contributed by atoms with E-state index in [0.717, 1.165) is 31.2 Å². The Morgan fingerprint density at radius 3 is 2.17 bits per heavy atom. The highest BCUT2D eigenvalue weighted by Crippen LogP contribution is 2.46. The quantitative estimate of drug-likeness (QED) is 0.425. The van der Waals surface area contributed by atoms with Gasteiger partial charge in [0.15, 0.2) is 11.5 Å². The summed E-state index contributed by atoms with van der Waals surface area (Å²) in [5.74, 6) is 1.96. The summed E-state index contributed by atoms with van der Waals surface area (Å²) in [6.07, 6.45) is 4.93. The number of nitrogens with one attached hydrogen (secondary N) is 1. The van der Waals surface area contributed by atoms with Crippen LogP contribution in [-0.2, 0) is 4.57 Å². The number of halogens is 1. The molecule has 0 bridgehead atoms. The van der Waals surface area contributed by atoms with Crippen molar-refractivity contribution in [3.8, 4) is 17.2 Å². The molecule has 3 N–H and O–H groups in total. The molecule has 174 valence electrons. The van der Waals surface area contributed by atoms with Crippen LogP contribution in [-0.4, -0.2) is 56.3 Å². The second-order valence-corrected chi connectivity index (χ2v) is 10.4. The maximum absolute atomic E-state index is 12.6. The minimum Gasteiger partial charge on any atom is -0.493 e. The van der Waals surface area contributed by atoms with Gasteiger partial charge in [0.25, 0.3) is 0 Å². The third-order valence-electron chi connectivity index (χ3n) is 5.61. The highest BCUT2D eigenvalue weighted by atomic mass is 35.5. The fourth-order valence-electron chi connectivity index (χ4n) is 4.02. The van der Waals surface area contributed by atoms with Crippen LogP contribution in [0.2, 0.25) is 0 Å². The fourth-order valence-corrected chi connectivity index (χ4v) is 6.13. The number of aliphatic hydroxyl groups excluding tert-OH is 1. The molecule has 0 spiro atoms. The van der Waals surface area contributed by atoms with E-state index in [-0.39, 0.29) is 31.2 Å². The van der Waals surface area contributed by atoms with Crippen molar-refractivity contribution in [3.63, 3.8) is 0 Å². The molecule has 1 aliphatic carbocycles. The van der Waals surface area contributed by atoms with Gasteiger partial charge in [0.05, 0.1) is 33.6 Å². The number of aliphatic hydroxyl groups is 1. The highest BCUT2D eigenvalue weighted by molar-refractivity contribution is 7.58. The molecule has 2 unspecified atom stereocenters. The minimum atomic E-state index is -3.33. The molecule has 1 saturated carbocycles. The Kier molecular flexibility index (Phi) is 11.5. The van der Waals surface area contributed by atoms with E-state index in [0.29, 0.717) is 29.3 Å². The first-order chi connectivity index (χ1) is 13.8. The monoisotopic (exact) mass is 465 g/mol. The first kappa shape index (κ1) is 27.1. The van der Waals surface area contributed by atoms with Crippen molar-refractivity contribution < 1.29 is 28.8 Å². The predicted octanol–water partition coefficient (Wildman–Crippen LogP) is 4.00. The zero-order valence-electron chi connectivity index (χ0n) is 18.4. The van der Waals surface area contributed by atoms with Gasteiger partial charge in [-0.2, -0.15) is 0 Å². The molecule has 1 aliphatic rings. The second kappa shape index (κ2) is 12.8. The van der Waals surface area contributed by atoms with Crippen LogP contribution in [0.4, 0.5) is 0 Å². The summed E-state index contributed by atoms with van der Waals surface area (Å²) in [5.41, 5.74) is 0.904. The van der Waals surface area contributed by atoms with E-state index in [9.17, 15) is 14.6 Å². The number of benzene rings is 1. The largest absolute Gasteiger partial charge is 0.493 e. The van der Waals surface area contributed by atoms with Crippen molar-refractivity contribution in [2.75, 3.05) is 40.2 Å². The van der Waals surface area contributed by atoms with E-state index in [1.54, 1.807) is 21.3 Å². The predicted molar refractivity (Wildman–Crippen MR) is 122 cm³/mol. The van der Waals surface area contributed by atoms with Crippen LogP contribution in [0, 0.1) is 5.92 Å². The van der Waals surface area contributed by atoms with Gasteiger partial charge in [-0.1, -0.05) is 19.3 Å². The standard InChI is InChI=1S/C21H36NO6P.ClH/c1-15(17-10-19(26-2)21(28-4)20(11-17)27-3)22-12-18(23)14-29(24,25)13-16-8-6-5-7-9-16;/h10-11,15-16,18,22-23H,5-9,12-14H2,1-4H3,(H,24,25);1H/t15?,18-;/m0./s1. The van der Waals surface area contributed by atoms with E-state index in [2.05, 4.69) is 5.32 Å². The van der Waals surface area contributed by atoms with Crippen LogP contribution >= 0.6 is 19.8 Å². The van der Waals surface area contributed by atoms with E-state index in [1.165, 1.54) is 6.42 Å². The lowest BCUT2D eigenvalue weighted by molar-refractivity contribution is 0.186. The fraction of sp³-hybridized carbons (Fsp3) is 0.714. The van der Waals surface area contributed by atoms with Crippen LogP contribution < -0.4 is 19.5 Å². The number of rotatable bonds is 11. The lowest BCUT2D eigenvalue weighted by Gasteiger charge is -2.25. The Bertz CT molecular complexity index is 673. The first-order valence-electron chi connectivity index (χ1n) is 10.3. The molecule has 0 saturated heterocycles. The molecule has 0 aromatic heterocycles. The Labute approximate surface area is 186 Å². The Balaban J connectivity index is 0.00000450. The third-order valence-corrected chi connectivity index (χ3v) is 7.69. The van der Waals surface area contributed by atoms with Gasteiger partial charge in [-0.3, -0.25) is 4.57 Å². The van der Waals surface area contributed by atoms with Crippen molar-refractivity contribution in [1.82, 2.24) is 5.32 Å². The van der Waals surface area contributed by atoms with Crippen LogP contribution in [0.15, 0.2) is 12.1 Å². The van der Waals surface area contributed by atoms with Gasteiger partial charge >= 0.3 is 0 Å². The van der Waals surface area contributed by atoms with Crippen molar-refractivity contribution in [2.24, 2.45) is 5.92 Å². The van der Waals surface area contributed by atoms with Gasteiger partial charge in [0, 0.05) is 18.7 Å². The van der Waals surface area contributed by atoms with Crippen molar-refractivity contribution >= 4 is 19.8 Å². The lowest BCUT2D eigenvalue weighted by Crippen LogP contribution is -2.32. The average molecular weight is 466 g/mol. The summed E-state index contributed by atoms with van der Waals surface area (Å²) in [7, 11) is 1.35. The Morgan fingerprint density at radius 1 is 1.10 bits per heavy atom. The molecular weight excluding hydrogens is 429 g/mol. The lowest BCUT2D eigenvalue weighted by atomic mass is 9.91. The van der Waals surface area contributed by atoms with E-state index < -0.39 is 13.5 Å². The minimum absolute atomic E-state index is 0. The zero-order valence-corrected chi connectivity index (χ0v) is 20.1. The van der Waals surface area contributed by atoms with E-state index in [4.69, 9.17) is 14.2 Å². The third kappa shape index (κ3) is 7.93. The van der Waals surface area contributed by atoms with Gasteiger partial charge in [0.1, 0.15) is 0 Å². The summed E-state index contributed by atoms with van der Waals surface area (Å²) < 4.78 is 28.7. The van der Waals surface area contributed by atoms with E-state index >= 15 is 0 Å². The zero-order chi connectivity index (χ0) is 21.4. The summed E-state index contributed by atoms with van der Waals surface area (Å²) in [6, 6.07) is 3.59. The summed E-state index contributed by atoms with van der Waals surface area (Å²) >= 11 is 0. The van der Waals surface area contributed by atoms with Crippen molar-refractivity contribution in [1.29, 1.82) is 0 Å². The number of hydrogen-bond acceptors (Lipinski definition) is 6. The number of ether oxygens (including phenoxy) is 3. The molecule has 7 nitrogen and oxygen atoms in total. The van der Waals surface area contributed by atoms with Gasteiger partial charge in [-0.15, -0.1) is 12.4 Å². The topological polar surface area (TPSA) is 97.2 Å². The maximum Gasteiger partial charge on any atom is 0.203 e. The van der Waals surface area contributed by atoms with Crippen LogP contribution in [0.5, 0.6) is 17.2 Å². The summed E-state index contributed by atoms with van der Waals surface area (Å²) in [4.78, 5) is 10.3. The Hall–Kier alpha value is -0.980. The molecule has 1 fully saturated rings. The van der Waals surface area contributed by atoms with Gasteiger partial charge in [-0.05, 0) is 43.4 Å². The van der Waals surface area contributed by atoms with Crippen molar-refractivity contribution in [2.45, 2.75) is 51.2 Å². The maximum atomic E-state index is 12.6. The SMILES string of the molecule is COc1cc(C(C)NC[C@H](O)CP(=O)(O)CC2CCCCC2)cc(OC)c1OC.Cl. The first-order valence-corrected chi connectivity index (χ1v) is 12.3. The molecular formula is C21H37ClNO6P. The molecule has 3 atom stereocenters. The molecule has 9 heteroatoms. The number of methoxy groups -OCH3 is 3. The van der Waals surface area contributed by atoms with Crippen LogP contribution in [0.25, 0.3) is 0 Å². The van der Waals surface area contributed by atoms with Crippen LogP contribution in [0.3, 0.4) is 0 Å². The van der Waals surface area contributed by atoms with Crippen LogP contribution in [0.1, 0.15) is 50.6 Å². The smallest absolute Gasteiger partial charge is 0.203 e. The molecule has 0 heterocycles. The normalized spacial score (nSPS) is 18.6.